The lowest BCUT2D eigenvalue weighted by molar-refractivity contribution is 0.762. The number of rotatable bonds is 0. The molecule has 0 bridgehead atoms. The molecule has 0 spiro atoms. The van der Waals surface area contributed by atoms with Gasteiger partial charge in [-0.25, -0.2) is 0 Å². The minimum absolute atomic E-state index is 0.627. The molecule has 0 fully saturated rings. The lowest BCUT2D eigenvalue weighted by Crippen LogP contribution is -2.07. The fourth-order valence-corrected chi connectivity index (χ4v) is 3.76. The molecule has 19 heavy (non-hydrogen) atoms. The van der Waals surface area contributed by atoms with Crippen LogP contribution in [0.2, 0.25) is 0 Å². The second kappa shape index (κ2) is 3.60. The van der Waals surface area contributed by atoms with Crippen molar-refractivity contribution in [1.82, 2.24) is 0 Å². The van der Waals surface area contributed by atoms with Crippen LogP contribution < -0.4 is 0 Å². The van der Waals surface area contributed by atoms with E-state index in [4.69, 9.17) is 0 Å². The first-order chi connectivity index (χ1) is 9.13. The molecule has 0 heteroatoms. The Morgan fingerprint density at radius 2 is 1.47 bits per heavy atom. The Hall–Kier alpha value is -1.82. The van der Waals surface area contributed by atoms with Gasteiger partial charge >= 0.3 is 0 Å². The van der Waals surface area contributed by atoms with Gasteiger partial charge < -0.3 is 0 Å². The Labute approximate surface area is 114 Å². The molecule has 3 aromatic rings. The van der Waals surface area contributed by atoms with Crippen molar-refractivity contribution >= 4 is 21.5 Å². The third kappa shape index (κ3) is 1.46. The van der Waals surface area contributed by atoms with Crippen molar-refractivity contribution in [2.24, 2.45) is 0 Å². The molecule has 0 N–H and O–H groups in total. The average Bonchev–Trinajstić information content (AvgIpc) is 2.36. The smallest absolute Gasteiger partial charge is 0.00675 e. The zero-order valence-corrected chi connectivity index (χ0v) is 11.7. The average molecular weight is 246 g/mol. The normalized spacial score (nSPS) is 17.5. The van der Waals surface area contributed by atoms with Gasteiger partial charge in [-0.2, -0.15) is 0 Å². The zero-order chi connectivity index (χ0) is 13.1. The first-order valence-electron chi connectivity index (χ1n) is 7.10. The molecule has 0 saturated heterocycles. The number of hydrogen-bond donors (Lipinski definition) is 0. The molecule has 0 heterocycles. The first kappa shape index (κ1) is 11.0. The molecule has 0 amide bonds. The summed E-state index contributed by atoms with van der Waals surface area (Å²) in [5, 5.41) is 5.80. The topological polar surface area (TPSA) is 0 Å². The van der Waals surface area contributed by atoms with Crippen LogP contribution in [0.1, 0.15) is 35.1 Å². The molecular weight excluding hydrogens is 228 g/mol. The zero-order valence-electron chi connectivity index (χ0n) is 11.7. The number of aryl methyl sites for hydroxylation is 2. The van der Waals surface area contributed by atoms with Gasteiger partial charge in [0.15, 0.2) is 0 Å². The summed E-state index contributed by atoms with van der Waals surface area (Å²) < 4.78 is 0. The summed E-state index contributed by atoms with van der Waals surface area (Å²) in [6.45, 7) is 6.77. The summed E-state index contributed by atoms with van der Waals surface area (Å²) >= 11 is 0. The predicted molar refractivity (Wildman–Crippen MR) is 83.0 cm³/mol. The van der Waals surface area contributed by atoms with E-state index in [-0.39, 0.29) is 0 Å². The van der Waals surface area contributed by atoms with Gasteiger partial charge in [-0.15, -0.1) is 0 Å². The molecule has 0 aromatic heterocycles. The molecule has 4 rings (SSSR count). The summed E-state index contributed by atoms with van der Waals surface area (Å²) in [4.78, 5) is 0. The number of benzene rings is 3. The van der Waals surface area contributed by atoms with Crippen molar-refractivity contribution in [2.45, 2.75) is 33.1 Å². The van der Waals surface area contributed by atoms with Crippen molar-refractivity contribution in [2.75, 3.05) is 0 Å². The Bertz CT molecular complexity index is 824. The van der Waals surface area contributed by atoms with Crippen LogP contribution in [0.5, 0.6) is 0 Å². The first-order valence-corrected chi connectivity index (χ1v) is 7.10. The largest absolute Gasteiger partial charge is 0.0581 e. The SMILES string of the molecule is Cc1cc2c3c(ccc4cc(C)cc(c43)C(C)C2)c1. The lowest BCUT2D eigenvalue weighted by atomic mass is 9.79. The van der Waals surface area contributed by atoms with Gasteiger partial charge in [-0.1, -0.05) is 54.4 Å². The van der Waals surface area contributed by atoms with E-state index in [1.54, 1.807) is 0 Å². The summed E-state index contributed by atoms with van der Waals surface area (Å²) in [6, 6.07) is 14.0. The van der Waals surface area contributed by atoms with Crippen LogP contribution in [0.3, 0.4) is 0 Å². The highest BCUT2D eigenvalue weighted by Crippen LogP contribution is 2.41. The van der Waals surface area contributed by atoms with E-state index in [0.717, 1.165) is 0 Å². The van der Waals surface area contributed by atoms with Gasteiger partial charge in [0, 0.05) is 0 Å². The third-order valence-electron chi connectivity index (χ3n) is 4.49. The maximum atomic E-state index is 2.38. The molecule has 0 nitrogen and oxygen atoms in total. The molecule has 0 radical (unpaired) electrons. The molecule has 1 aliphatic rings. The maximum Gasteiger partial charge on any atom is -0.00675 e. The van der Waals surface area contributed by atoms with Crippen LogP contribution in [0.25, 0.3) is 21.5 Å². The van der Waals surface area contributed by atoms with E-state index in [2.05, 4.69) is 57.2 Å². The molecule has 3 aromatic carbocycles. The van der Waals surface area contributed by atoms with Crippen LogP contribution in [0, 0.1) is 13.8 Å². The van der Waals surface area contributed by atoms with Crippen LogP contribution in [0.4, 0.5) is 0 Å². The molecule has 1 aliphatic carbocycles. The number of hydrogen-bond acceptors (Lipinski definition) is 0. The van der Waals surface area contributed by atoms with Crippen molar-refractivity contribution in [3.8, 4) is 0 Å². The summed E-state index contributed by atoms with van der Waals surface area (Å²) in [5.74, 6) is 0.627. The molecule has 1 atom stereocenters. The van der Waals surface area contributed by atoms with Crippen LogP contribution in [-0.4, -0.2) is 0 Å². The molecule has 94 valence electrons. The van der Waals surface area contributed by atoms with Crippen molar-refractivity contribution in [1.29, 1.82) is 0 Å². The van der Waals surface area contributed by atoms with E-state index >= 15 is 0 Å². The van der Waals surface area contributed by atoms with Crippen molar-refractivity contribution < 1.29 is 0 Å². The third-order valence-corrected chi connectivity index (χ3v) is 4.49. The van der Waals surface area contributed by atoms with Crippen molar-refractivity contribution in [3.63, 3.8) is 0 Å². The fraction of sp³-hybridized carbons (Fsp3) is 0.263. The highest BCUT2D eigenvalue weighted by Gasteiger charge is 2.21. The second-order valence-electron chi connectivity index (χ2n) is 6.15. The predicted octanol–water partition coefficient (Wildman–Crippen LogP) is 5.27. The van der Waals surface area contributed by atoms with E-state index in [0.29, 0.717) is 5.92 Å². The van der Waals surface area contributed by atoms with Crippen LogP contribution in [-0.2, 0) is 6.42 Å². The Kier molecular flexibility index (Phi) is 2.09. The van der Waals surface area contributed by atoms with Crippen LogP contribution in [0.15, 0.2) is 36.4 Å². The Balaban J connectivity index is 2.32. The van der Waals surface area contributed by atoms with Gasteiger partial charge in [-0.3, -0.25) is 0 Å². The summed E-state index contributed by atoms with van der Waals surface area (Å²) in [6.07, 6.45) is 1.17. The molecule has 1 unspecified atom stereocenters. The van der Waals surface area contributed by atoms with Gasteiger partial charge in [0.2, 0.25) is 0 Å². The van der Waals surface area contributed by atoms with Gasteiger partial charge in [0.05, 0.1) is 0 Å². The van der Waals surface area contributed by atoms with E-state index in [9.17, 15) is 0 Å². The molecule has 0 aliphatic heterocycles. The maximum absolute atomic E-state index is 2.38. The van der Waals surface area contributed by atoms with E-state index in [1.807, 2.05) is 0 Å². The highest BCUT2D eigenvalue weighted by atomic mass is 14.2. The standard InChI is InChI=1S/C19H18/c1-11-6-14-4-5-15-7-12(2)9-17-13(3)10-16(8-11)18(14)19(15)17/h4-9,13H,10H2,1-3H3. The summed E-state index contributed by atoms with van der Waals surface area (Å²) in [7, 11) is 0. The highest BCUT2D eigenvalue weighted by molar-refractivity contribution is 6.12. The monoisotopic (exact) mass is 246 g/mol. The Morgan fingerprint density at radius 3 is 2.21 bits per heavy atom. The quantitative estimate of drug-likeness (QED) is 0.474. The Morgan fingerprint density at radius 1 is 0.842 bits per heavy atom. The van der Waals surface area contributed by atoms with E-state index < -0.39 is 0 Å². The van der Waals surface area contributed by atoms with Crippen molar-refractivity contribution in [3.05, 3.63) is 58.7 Å². The van der Waals surface area contributed by atoms with Crippen LogP contribution >= 0.6 is 0 Å². The van der Waals surface area contributed by atoms with Gasteiger partial charge in [-0.05, 0) is 58.9 Å². The van der Waals surface area contributed by atoms with Gasteiger partial charge in [0.1, 0.15) is 0 Å². The van der Waals surface area contributed by atoms with E-state index in [1.165, 1.54) is 50.2 Å². The summed E-state index contributed by atoms with van der Waals surface area (Å²) in [5.41, 5.74) is 5.83. The minimum Gasteiger partial charge on any atom is -0.0581 e. The minimum atomic E-state index is 0.627. The molecular formula is C19H18. The van der Waals surface area contributed by atoms with Gasteiger partial charge in [0.25, 0.3) is 0 Å². The second-order valence-corrected chi connectivity index (χ2v) is 6.15. The molecule has 0 saturated carbocycles. The fourth-order valence-electron chi connectivity index (χ4n) is 3.76. The lowest BCUT2D eigenvalue weighted by Gasteiger charge is -2.25.